The molecule has 0 saturated heterocycles. The molecule has 2 unspecified atom stereocenters. The van der Waals surface area contributed by atoms with Crippen LogP contribution in [0.15, 0.2) is 60.6 Å². The van der Waals surface area contributed by atoms with Gasteiger partial charge >= 0.3 is 11.9 Å². The van der Waals surface area contributed by atoms with Gasteiger partial charge in [-0.1, -0.05) is 263 Å². The third-order valence-corrected chi connectivity index (χ3v) is 13.6. The fraction of sp³-hybridized carbons (Fsp3) is 0.759. The highest BCUT2D eigenvalue weighted by Gasteiger charge is 2.42. The zero-order valence-electron chi connectivity index (χ0n) is 42.7. The first kappa shape index (κ1) is 58.4. The maximum absolute atomic E-state index is 15.1. The molecule has 1 aromatic rings. The second-order valence-electron chi connectivity index (χ2n) is 19.5. The van der Waals surface area contributed by atoms with Gasteiger partial charge in [-0.2, -0.15) is 0 Å². The fourth-order valence-electron chi connectivity index (χ4n) is 9.40. The maximum atomic E-state index is 15.1. The number of ether oxygens (including phenoxy) is 2. The van der Waals surface area contributed by atoms with Crippen molar-refractivity contribution in [2.75, 3.05) is 14.1 Å². The van der Waals surface area contributed by atoms with Crippen LogP contribution in [0.3, 0.4) is 0 Å². The fourth-order valence-corrected chi connectivity index (χ4v) is 9.40. The molecule has 0 bridgehead atoms. The summed E-state index contributed by atoms with van der Waals surface area (Å²) in [4.78, 5) is 30.0. The summed E-state index contributed by atoms with van der Waals surface area (Å²) in [7, 11) is 4.19. The van der Waals surface area contributed by atoms with Crippen molar-refractivity contribution in [1.82, 2.24) is 4.90 Å². The molecule has 1 rings (SSSR count). The lowest BCUT2D eigenvalue weighted by Crippen LogP contribution is -2.35. The first-order chi connectivity index (χ1) is 30.5. The SMILES string of the molecule is C=C(OC(=O)C(=C)C)OC(=O)/C(=C(\c1ccccc1)C(C)N(C)C)C(CCCCCCCC)(CCCCCCCCCCCC)CCCCCCCCCCCCCCCCCC. The van der Waals surface area contributed by atoms with Crippen molar-refractivity contribution in [3.8, 4) is 0 Å². The molecule has 5 nitrogen and oxygen atoms in total. The van der Waals surface area contributed by atoms with Crippen molar-refractivity contribution in [2.45, 2.75) is 265 Å². The second-order valence-corrected chi connectivity index (χ2v) is 19.5. The van der Waals surface area contributed by atoms with Crippen LogP contribution >= 0.6 is 0 Å². The predicted molar refractivity (Wildman–Crippen MR) is 274 cm³/mol. The number of likely N-dealkylation sites (N-methyl/N-ethyl adjacent to an activating group) is 1. The number of esters is 2. The van der Waals surface area contributed by atoms with Crippen molar-refractivity contribution < 1.29 is 19.1 Å². The van der Waals surface area contributed by atoms with Crippen LogP contribution in [0.2, 0.25) is 0 Å². The molecular weight excluding hydrogens is 775 g/mol. The summed E-state index contributed by atoms with van der Waals surface area (Å²) in [6, 6.07) is 10.4. The zero-order valence-corrected chi connectivity index (χ0v) is 42.7. The average Bonchev–Trinajstić information content (AvgIpc) is 3.26. The third-order valence-electron chi connectivity index (χ3n) is 13.6. The summed E-state index contributed by atoms with van der Waals surface area (Å²) >= 11 is 0. The highest BCUT2D eigenvalue weighted by atomic mass is 16.7. The highest BCUT2D eigenvalue weighted by molar-refractivity contribution is 6.00. The zero-order chi connectivity index (χ0) is 46.4. The van der Waals surface area contributed by atoms with Crippen molar-refractivity contribution in [3.63, 3.8) is 0 Å². The van der Waals surface area contributed by atoms with E-state index in [1.807, 2.05) is 6.07 Å². The van der Waals surface area contributed by atoms with Gasteiger partial charge in [-0.05, 0) is 64.9 Å². The quantitative estimate of drug-likeness (QED) is 0.0283. The van der Waals surface area contributed by atoms with E-state index in [0.29, 0.717) is 0 Å². The summed E-state index contributed by atoms with van der Waals surface area (Å²) in [5.41, 5.74) is 2.65. The molecule has 0 aliphatic heterocycles. The summed E-state index contributed by atoms with van der Waals surface area (Å²) < 4.78 is 11.5. The minimum atomic E-state index is -0.639. The van der Waals surface area contributed by atoms with Crippen LogP contribution in [0.5, 0.6) is 0 Å². The molecule has 1 aromatic carbocycles. The van der Waals surface area contributed by atoms with Crippen LogP contribution in [0.1, 0.15) is 265 Å². The Balaban J connectivity index is 3.46. The Labute approximate surface area is 391 Å². The van der Waals surface area contributed by atoms with E-state index < -0.39 is 17.4 Å². The summed E-state index contributed by atoms with van der Waals surface area (Å²) in [6.45, 7) is 18.3. The van der Waals surface area contributed by atoms with Gasteiger partial charge in [0, 0.05) is 22.6 Å². The topological polar surface area (TPSA) is 55.8 Å². The van der Waals surface area contributed by atoms with E-state index in [2.05, 4.69) is 84.1 Å². The van der Waals surface area contributed by atoms with Crippen molar-refractivity contribution in [3.05, 3.63) is 66.1 Å². The van der Waals surface area contributed by atoms with E-state index in [0.717, 1.165) is 61.7 Å². The lowest BCUT2D eigenvalue weighted by atomic mass is 9.66. The van der Waals surface area contributed by atoms with Gasteiger partial charge in [0.25, 0.3) is 5.95 Å². The van der Waals surface area contributed by atoms with Crippen molar-refractivity contribution >= 4 is 17.5 Å². The Morgan fingerprint density at radius 2 is 0.810 bits per heavy atom. The van der Waals surface area contributed by atoms with Crippen LogP contribution in [-0.2, 0) is 19.1 Å². The molecular formula is C58H101NO4. The molecule has 0 saturated carbocycles. The van der Waals surface area contributed by atoms with Crippen molar-refractivity contribution in [2.24, 2.45) is 5.41 Å². The number of nitrogens with zero attached hydrogens (tertiary/aromatic N) is 1. The van der Waals surface area contributed by atoms with Crippen molar-refractivity contribution in [1.29, 1.82) is 0 Å². The van der Waals surface area contributed by atoms with E-state index in [-0.39, 0.29) is 17.6 Å². The summed E-state index contributed by atoms with van der Waals surface area (Å²) in [6.07, 6.45) is 44.1. The van der Waals surface area contributed by atoms with Crippen LogP contribution in [0.4, 0.5) is 0 Å². The van der Waals surface area contributed by atoms with Gasteiger partial charge in [0.05, 0.1) is 0 Å². The first-order valence-corrected chi connectivity index (χ1v) is 26.8. The molecule has 0 aliphatic rings. The van der Waals surface area contributed by atoms with Gasteiger partial charge in [-0.15, -0.1) is 0 Å². The van der Waals surface area contributed by atoms with Gasteiger partial charge in [-0.3, -0.25) is 0 Å². The first-order valence-electron chi connectivity index (χ1n) is 26.8. The van der Waals surface area contributed by atoms with Crippen LogP contribution < -0.4 is 0 Å². The van der Waals surface area contributed by atoms with Gasteiger partial charge < -0.3 is 14.4 Å². The standard InChI is InChI=1S/C58H101NO4/c1-10-13-16-19-22-24-26-27-28-29-30-31-33-35-38-44-49-58(47-42-36-21-18-15-12-3,48-43-37-34-32-25-23-20-17-14-11-2)55(57(61)63-52(7)62-56(60)50(4)5)54(51(6)59(8)9)53-45-40-39-41-46-53/h39-41,45-46,51H,4,7,10-38,42-44,47-49H2,1-3,5-6,8-9H3/b55-54+. The Bertz CT molecular complexity index is 1350. The molecule has 5 heteroatoms. The number of rotatable bonds is 43. The molecule has 63 heavy (non-hydrogen) atoms. The second kappa shape index (κ2) is 38.6. The maximum Gasteiger partial charge on any atom is 0.342 e. The normalized spacial score (nSPS) is 13.4. The lowest BCUT2D eigenvalue weighted by Gasteiger charge is -2.39. The smallest absolute Gasteiger partial charge is 0.342 e. The lowest BCUT2D eigenvalue weighted by molar-refractivity contribution is -0.149. The molecule has 0 aromatic heterocycles. The minimum absolute atomic E-state index is 0.0661. The predicted octanol–water partition coefficient (Wildman–Crippen LogP) is 18.2. The Kier molecular flexibility index (Phi) is 35.7. The molecule has 0 heterocycles. The number of hydrogen-bond acceptors (Lipinski definition) is 5. The highest BCUT2D eigenvalue weighted by Crippen LogP contribution is 2.48. The monoisotopic (exact) mass is 876 g/mol. The van der Waals surface area contributed by atoms with Gasteiger partial charge in [0.15, 0.2) is 0 Å². The largest absolute Gasteiger partial charge is 0.390 e. The molecule has 0 N–H and O–H groups in total. The molecule has 0 amide bonds. The Morgan fingerprint density at radius 3 is 1.11 bits per heavy atom. The number of carbonyl (C=O) groups is 2. The number of carbonyl (C=O) groups excluding carboxylic acids is 2. The Hall–Kier alpha value is -2.66. The molecule has 0 aliphatic carbocycles. The van der Waals surface area contributed by atoms with Crippen LogP contribution in [-0.4, -0.2) is 37.0 Å². The van der Waals surface area contributed by atoms with E-state index in [4.69, 9.17) is 9.47 Å². The van der Waals surface area contributed by atoms with E-state index in [1.165, 1.54) is 180 Å². The third kappa shape index (κ3) is 27.4. The summed E-state index contributed by atoms with van der Waals surface area (Å²) in [5.74, 6) is -1.36. The molecule has 0 spiro atoms. The number of unbranched alkanes of at least 4 members (excludes halogenated alkanes) is 29. The van der Waals surface area contributed by atoms with Crippen LogP contribution in [0, 0.1) is 5.41 Å². The van der Waals surface area contributed by atoms with Crippen LogP contribution in [0.25, 0.3) is 5.57 Å². The molecule has 362 valence electrons. The molecule has 0 fully saturated rings. The average molecular weight is 876 g/mol. The Morgan fingerprint density at radius 1 is 0.508 bits per heavy atom. The van der Waals surface area contributed by atoms with E-state index >= 15 is 4.79 Å². The molecule has 2 atom stereocenters. The van der Waals surface area contributed by atoms with Gasteiger partial charge in [0.1, 0.15) is 0 Å². The van der Waals surface area contributed by atoms with Gasteiger partial charge in [0.2, 0.25) is 0 Å². The van der Waals surface area contributed by atoms with E-state index in [9.17, 15) is 4.79 Å². The number of benzene rings is 1. The molecule has 0 radical (unpaired) electrons. The van der Waals surface area contributed by atoms with E-state index in [1.54, 1.807) is 6.92 Å². The number of hydrogen-bond donors (Lipinski definition) is 0. The summed E-state index contributed by atoms with van der Waals surface area (Å²) in [5, 5.41) is 0. The van der Waals surface area contributed by atoms with Gasteiger partial charge in [-0.25, -0.2) is 9.59 Å². The minimum Gasteiger partial charge on any atom is -0.390 e.